The Bertz CT molecular complexity index is 3890. The van der Waals surface area contributed by atoms with Gasteiger partial charge in [-0.25, -0.2) is 19.2 Å². The lowest BCUT2D eigenvalue weighted by molar-refractivity contribution is 0.0944. The number of anilines is 2. The number of carbonyl (C=O) groups is 2. The van der Waals surface area contributed by atoms with Gasteiger partial charge in [0.2, 0.25) is 5.36 Å². The van der Waals surface area contributed by atoms with E-state index in [4.69, 9.17) is 14.7 Å². The number of nitrogens with one attached hydrogen (secondary N) is 3. The largest absolute Gasteiger partial charge is 0.455 e. The van der Waals surface area contributed by atoms with Gasteiger partial charge in [-0.3, -0.25) is 19.3 Å². The zero-order valence-corrected chi connectivity index (χ0v) is 49.3. The van der Waals surface area contributed by atoms with E-state index in [1.807, 2.05) is 62.0 Å². The second-order valence-corrected chi connectivity index (χ2v) is 24.5. The molecule has 0 spiro atoms. The van der Waals surface area contributed by atoms with Crippen LogP contribution in [0.25, 0.3) is 27.9 Å². The first kappa shape index (κ1) is 54.6. The van der Waals surface area contributed by atoms with Crippen molar-refractivity contribution in [3.05, 3.63) is 155 Å². The highest BCUT2D eigenvalue weighted by atomic mass is 16.5. The fourth-order valence-corrected chi connectivity index (χ4v) is 14.3. The third-order valence-electron chi connectivity index (χ3n) is 18.5. The van der Waals surface area contributed by atoms with Crippen molar-refractivity contribution < 1.29 is 14.3 Å². The zero-order chi connectivity index (χ0) is 56.9. The number of carbonyl (C=O) groups excluding carboxylic acids is 2. The van der Waals surface area contributed by atoms with Gasteiger partial charge in [-0.05, 0) is 176 Å². The molecule has 4 aromatic heterocycles. The van der Waals surface area contributed by atoms with Gasteiger partial charge in [0, 0.05) is 133 Å². The van der Waals surface area contributed by atoms with Gasteiger partial charge >= 0.3 is 0 Å². The van der Waals surface area contributed by atoms with Crippen LogP contribution in [-0.4, -0.2) is 107 Å². The topological polar surface area (TPSA) is 157 Å². The minimum atomic E-state index is -0.294. The molecular weight excluding hydrogens is 1030 g/mol. The second-order valence-electron chi connectivity index (χ2n) is 24.5. The van der Waals surface area contributed by atoms with Gasteiger partial charge in [0.15, 0.2) is 5.65 Å². The molecule has 2 amide bonds. The Kier molecular flexibility index (Phi) is 15.2. The van der Waals surface area contributed by atoms with Crippen LogP contribution in [0.2, 0.25) is 0 Å². The smallest absolute Gasteiger partial charge is 0.253 e. The molecular formula is C68H80N11O4+. The number of benzene rings is 3. The fourth-order valence-electron chi connectivity index (χ4n) is 14.3. The van der Waals surface area contributed by atoms with Crippen LogP contribution in [-0.2, 0) is 38.6 Å². The molecule has 1 fully saturated rings. The number of aryl methyl sites for hydroxylation is 5. The van der Waals surface area contributed by atoms with Crippen molar-refractivity contribution in [3.8, 4) is 22.8 Å². The molecule has 7 aromatic rings. The standard InChI is InChI=1S/C68H79N11O4/c1-6-15-45-34-44(5)73-68(82)56(45)40-71-67(81)53-38-58(74-65-57(53)41-72-79(65)42(2)3)49-22-23-59(70-39-49)76-32-30-75(31-33-76)25-12-9-24-69-66(80)48-21-20-43(4)52(37-48)60-54-35-46-16-7-10-26-77-28-13-18-50(61(46)77)63(54)83-64-51-19-14-29-78-27-11-8-17-47(62(51)78)36-55(60)64/h20-23,34-39,41-42H,6-19,24-33,40H2,1-5H3,(H2-,69,71,73,80,81,82)/p+1. The maximum atomic E-state index is 14.2. The average Bonchev–Trinajstić information content (AvgIpc) is 2.44. The van der Waals surface area contributed by atoms with Crippen LogP contribution in [0, 0.1) is 13.8 Å². The molecule has 6 aliphatic heterocycles. The summed E-state index contributed by atoms with van der Waals surface area (Å²) in [6, 6.07) is 19.2. The number of nitrogens with zero attached hydrogens (tertiary/aromatic N) is 8. The number of piperazine rings is 1. The summed E-state index contributed by atoms with van der Waals surface area (Å²) in [6.07, 6.45) is 18.4. The van der Waals surface area contributed by atoms with Gasteiger partial charge in [0.25, 0.3) is 17.4 Å². The number of H-pyrrole nitrogens is 1. The molecule has 10 heterocycles. The molecule has 430 valence electrons. The van der Waals surface area contributed by atoms with Crippen molar-refractivity contribution in [2.75, 3.05) is 75.2 Å². The summed E-state index contributed by atoms with van der Waals surface area (Å²) in [6.45, 7) is 20.0. The minimum absolute atomic E-state index is 0.0233. The predicted molar refractivity (Wildman–Crippen MR) is 329 cm³/mol. The number of hydrogen-bond donors (Lipinski definition) is 3. The van der Waals surface area contributed by atoms with Crippen molar-refractivity contribution in [2.45, 2.75) is 137 Å². The van der Waals surface area contributed by atoms with Gasteiger partial charge in [-0.2, -0.15) is 5.10 Å². The number of ether oxygens (including phenoxy) is 1. The molecule has 15 nitrogen and oxygen atoms in total. The van der Waals surface area contributed by atoms with Gasteiger partial charge in [0.05, 0.1) is 28.4 Å². The number of fused-ring (bicyclic) bond motifs is 5. The first-order valence-corrected chi connectivity index (χ1v) is 31.1. The van der Waals surface area contributed by atoms with Gasteiger partial charge < -0.3 is 30.2 Å². The van der Waals surface area contributed by atoms with Crippen LogP contribution in [0.15, 0.2) is 71.8 Å². The van der Waals surface area contributed by atoms with E-state index >= 15 is 0 Å². The van der Waals surface area contributed by atoms with Gasteiger partial charge in [0.1, 0.15) is 30.4 Å². The second kappa shape index (κ2) is 23.2. The number of unbranched alkanes of at least 4 members (excludes halogenated alkanes) is 1. The highest BCUT2D eigenvalue weighted by molar-refractivity contribution is 6.06. The van der Waals surface area contributed by atoms with Crippen molar-refractivity contribution in [1.82, 2.24) is 44.8 Å². The van der Waals surface area contributed by atoms with Crippen LogP contribution in [0.5, 0.6) is 11.5 Å². The van der Waals surface area contributed by atoms with Gasteiger partial charge in [-0.1, -0.05) is 19.4 Å². The lowest BCUT2D eigenvalue weighted by Crippen LogP contribution is -2.47. The Balaban J connectivity index is 0.662. The molecule has 0 saturated carbocycles. The number of pyridine rings is 3. The number of aromatic amines is 1. The first-order chi connectivity index (χ1) is 40.5. The first-order valence-electron chi connectivity index (χ1n) is 31.1. The maximum Gasteiger partial charge on any atom is 0.253 e. The highest BCUT2D eigenvalue weighted by Gasteiger charge is 2.36. The Morgan fingerprint density at radius 1 is 0.771 bits per heavy atom. The molecule has 0 radical (unpaired) electrons. The van der Waals surface area contributed by atoms with E-state index in [9.17, 15) is 14.4 Å². The lowest BCUT2D eigenvalue weighted by Gasteiger charge is -2.35. The van der Waals surface area contributed by atoms with Crippen LogP contribution >= 0.6 is 0 Å². The van der Waals surface area contributed by atoms with E-state index in [0.717, 1.165) is 163 Å². The quantitative estimate of drug-likeness (QED) is 0.0670. The highest BCUT2D eigenvalue weighted by Crippen LogP contribution is 2.48. The van der Waals surface area contributed by atoms with E-state index in [1.54, 1.807) is 6.20 Å². The minimum Gasteiger partial charge on any atom is -0.455 e. The molecule has 3 N–H and O–H groups in total. The molecule has 3 aromatic carbocycles. The number of rotatable bonds is 15. The molecule has 1 saturated heterocycles. The van der Waals surface area contributed by atoms with Crippen LogP contribution < -0.4 is 45.9 Å². The Hall–Kier alpha value is -7.65. The number of hydrogen-bond acceptors (Lipinski definition) is 10. The van der Waals surface area contributed by atoms with E-state index in [0.29, 0.717) is 40.0 Å². The average molecular weight is 1120 g/mol. The summed E-state index contributed by atoms with van der Waals surface area (Å²) in [4.78, 5) is 61.5. The van der Waals surface area contributed by atoms with E-state index < -0.39 is 0 Å². The summed E-state index contributed by atoms with van der Waals surface area (Å²) in [5.41, 5.74) is 17.2. The van der Waals surface area contributed by atoms with Crippen molar-refractivity contribution >= 4 is 39.9 Å². The molecule has 0 atom stereocenters. The summed E-state index contributed by atoms with van der Waals surface area (Å²) < 4.78 is 11.9. The Labute approximate surface area is 486 Å². The molecule has 0 bridgehead atoms. The third-order valence-corrected chi connectivity index (χ3v) is 18.5. The monoisotopic (exact) mass is 1110 g/mol. The number of amides is 2. The fraction of sp³-hybridized carbons (Fsp3) is 0.456. The summed E-state index contributed by atoms with van der Waals surface area (Å²) in [5, 5.41) is 14.3. The Morgan fingerprint density at radius 2 is 1.59 bits per heavy atom. The number of aromatic nitrogens is 5. The van der Waals surface area contributed by atoms with Crippen LogP contribution in [0.1, 0.15) is 161 Å². The van der Waals surface area contributed by atoms with E-state index in [1.165, 1.54) is 80.9 Å². The van der Waals surface area contributed by atoms with Crippen LogP contribution in [0.4, 0.5) is 11.5 Å². The summed E-state index contributed by atoms with van der Waals surface area (Å²) in [7, 11) is 0. The predicted octanol–water partition coefficient (Wildman–Crippen LogP) is 8.81. The molecule has 0 aliphatic carbocycles. The van der Waals surface area contributed by atoms with Crippen molar-refractivity contribution in [2.24, 2.45) is 0 Å². The zero-order valence-electron chi connectivity index (χ0n) is 49.3. The van der Waals surface area contributed by atoms with Crippen LogP contribution in [0.3, 0.4) is 0 Å². The van der Waals surface area contributed by atoms with Gasteiger partial charge in [-0.15, -0.1) is 0 Å². The lowest BCUT2D eigenvalue weighted by atomic mass is 9.83. The summed E-state index contributed by atoms with van der Waals surface area (Å²) >= 11 is 0. The molecule has 6 aliphatic rings. The molecule has 0 unspecified atom stereocenters. The maximum absolute atomic E-state index is 14.2. The SMILES string of the molecule is CCCc1cc(C)[nH]c(=O)c1CNC(=O)c1cc(-c2ccc(N3CCN(CCCCNC(=O)c4ccc(C)c(C5=c6cc7c8c(c6Oc6c5cc5c9c6CCCN9CCCC5)CCC[N+]=8CCCC7)c4)CC3)nc2)nc2c1cnn2C(C)C. The summed E-state index contributed by atoms with van der Waals surface area (Å²) in [5.74, 6) is 2.69. The van der Waals surface area contributed by atoms with Crippen molar-refractivity contribution in [3.63, 3.8) is 0 Å². The molecule has 13 rings (SSSR count). The molecule has 83 heavy (non-hydrogen) atoms. The van der Waals surface area contributed by atoms with Crippen molar-refractivity contribution in [1.29, 1.82) is 0 Å². The third kappa shape index (κ3) is 10.5. The molecule has 15 heteroatoms. The van der Waals surface area contributed by atoms with E-state index in [-0.39, 0.29) is 30.0 Å². The Morgan fingerprint density at radius 3 is 2.42 bits per heavy atom. The normalized spacial score (nSPS) is 16.7. The van der Waals surface area contributed by atoms with E-state index in [2.05, 4.69) is 78.1 Å².